The first-order valence-corrected chi connectivity index (χ1v) is 9.63. The molecule has 0 unspecified atom stereocenters. The SMILES string of the molecule is Cc1cc2ccccc2n1-c1cc2ccccc2[cH-]1.[Cl-].[Cl-].[Hf+4].c1ccc2[cH-]ccc2c1. The van der Waals surface area contributed by atoms with E-state index in [1.807, 2.05) is 0 Å². The van der Waals surface area contributed by atoms with Crippen LogP contribution in [0.3, 0.4) is 0 Å². The van der Waals surface area contributed by atoms with E-state index in [9.17, 15) is 0 Å². The normalized spacial score (nSPS) is 9.97. The van der Waals surface area contributed by atoms with Crippen LogP contribution in [-0.4, -0.2) is 4.57 Å². The molecule has 1 nitrogen and oxygen atoms in total. The minimum absolute atomic E-state index is 0. The van der Waals surface area contributed by atoms with Gasteiger partial charge in [0.1, 0.15) is 0 Å². The van der Waals surface area contributed by atoms with Crippen molar-refractivity contribution in [2.24, 2.45) is 0 Å². The van der Waals surface area contributed by atoms with E-state index in [4.69, 9.17) is 0 Å². The molecule has 0 aliphatic rings. The molecule has 1 aromatic heterocycles. The van der Waals surface area contributed by atoms with E-state index in [1.165, 1.54) is 43.8 Å². The second-order valence-electron chi connectivity index (χ2n) is 7.18. The summed E-state index contributed by atoms with van der Waals surface area (Å²) in [5.41, 5.74) is 3.80. The van der Waals surface area contributed by atoms with Gasteiger partial charge in [0.05, 0.1) is 5.52 Å². The minimum Gasteiger partial charge on any atom is -1.00 e. The predicted molar refractivity (Wildman–Crippen MR) is 121 cm³/mol. The van der Waals surface area contributed by atoms with E-state index in [0.717, 1.165) is 0 Å². The Bertz CT molecular complexity index is 1330. The van der Waals surface area contributed by atoms with Gasteiger partial charge in [0.25, 0.3) is 0 Å². The van der Waals surface area contributed by atoms with Gasteiger partial charge in [0.15, 0.2) is 0 Å². The number of halogens is 2. The molecule has 4 heteroatoms. The average molecular weight is 609 g/mol. The maximum atomic E-state index is 2.33. The molecule has 6 aromatic rings. The van der Waals surface area contributed by atoms with Gasteiger partial charge in [-0.2, -0.15) is 17.5 Å². The first kappa shape index (κ1) is 25.1. The molecule has 0 saturated carbocycles. The Morgan fingerprint density at radius 2 is 1.26 bits per heavy atom. The van der Waals surface area contributed by atoms with Crippen LogP contribution < -0.4 is 24.8 Å². The van der Waals surface area contributed by atoms with Gasteiger partial charge in [-0.05, 0) is 24.7 Å². The van der Waals surface area contributed by atoms with E-state index >= 15 is 0 Å². The fraction of sp³-hybridized carbons (Fsp3) is 0.0370. The maximum absolute atomic E-state index is 2.33. The number of aryl methyl sites for hydroxylation is 1. The molecule has 0 N–H and O–H groups in total. The monoisotopic (exact) mass is 609 g/mol. The van der Waals surface area contributed by atoms with Gasteiger partial charge in [0.2, 0.25) is 0 Å². The molecule has 0 bridgehead atoms. The fourth-order valence-corrected chi connectivity index (χ4v) is 3.97. The summed E-state index contributed by atoms with van der Waals surface area (Å²) in [5.74, 6) is 0. The van der Waals surface area contributed by atoms with Crippen LogP contribution in [0.1, 0.15) is 5.69 Å². The van der Waals surface area contributed by atoms with Gasteiger partial charge in [-0.25, -0.2) is 0 Å². The Morgan fingerprint density at radius 1 is 0.645 bits per heavy atom. The van der Waals surface area contributed by atoms with Crippen LogP contribution in [0.15, 0.2) is 109 Å². The molecule has 0 aliphatic carbocycles. The smallest absolute Gasteiger partial charge is 1.00 e. The van der Waals surface area contributed by atoms with Crippen molar-refractivity contribution < 1.29 is 50.7 Å². The minimum atomic E-state index is 0. The second-order valence-corrected chi connectivity index (χ2v) is 7.18. The van der Waals surface area contributed by atoms with Crippen molar-refractivity contribution in [3.63, 3.8) is 0 Å². The second kappa shape index (κ2) is 10.9. The van der Waals surface area contributed by atoms with Crippen LogP contribution in [0.4, 0.5) is 0 Å². The van der Waals surface area contributed by atoms with Crippen LogP contribution in [0.2, 0.25) is 0 Å². The van der Waals surface area contributed by atoms with E-state index in [2.05, 4.69) is 121 Å². The Hall–Kier alpha value is -2.13. The van der Waals surface area contributed by atoms with Gasteiger partial charge in [-0.3, -0.25) is 0 Å². The standard InChI is InChI=1S/C18H14N.C9H7.2ClH.Hf/c1-13-10-16-8-4-5-9-18(16)19(13)17-11-14-6-2-3-7-15(14)12-17;1-2-5-9-7-3-6-8(9)4-1;;;/h2-12H,1H3;1-7H;2*1H;/q2*-1;;;+4/p-2. The molecule has 0 saturated heterocycles. The van der Waals surface area contributed by atoms with Crippen molar-refractivity contribution in [1.82, 2.24) is 4.57 Å². The summed E-state index contributed by atoms with van der Waals surface area (Å²) in [7, 11) is 0. The number of fused-ring (bicyclic) bond motifs is 3. The van der Waals surface area contributed by atoms with E-state index in [-0.39, 0.29) is 50.7 Å². The molecule has 0 spiro atoms. The van der Waals surface area contributed by atoms with Gasteiger partial charge < -0.3 is 29.4 Å². The largest absolute Gasteiger partial charge is 4.00 e. The third-order valence-corrected chi connectivity index (χ3v) is 5.30. The number of hydrogen-bond acceptors (Lipinski definition) is 0. The molecule has 6 rings (SSSR count). The summed E-state index contributed by atoms with van der Waals surface area (Å²) in [6.07, 6.45) is 0. The average Bonchev–Trinajstić information content (AvgIpc) is 3.43. The molecule has 0 aliphatic heterocycles. The van der Waals surface area contributed by atoms with Crippen LogP contribution in [0.5, 0.6) is 0 Å². The van der Waals surface area contributed by atoms with Crippen molar-refractivity contribution in [2.45, 2.75) is 6.92 Å². The van der Waals surface area contributed by atoms with Crippen LogP contribution in [0, 0.1) is 6.92 Å². The summed E-state index contributed by atoms with van der Waals surface area (Å²) in [6.45, 7) is 2.16. The Morgan fingerprint density at radius 3 is 1.97 bits per heavy atom. The molecular weight excluding hydrogens is 588 g/mol. The molecule has 1 heterocycles. The number of rotatable bonds is 1. The Labute approximate surface area is 214 Å². The first-order valence-electron chi connectivity index (χ1n) is 9.63. The van der Waals surface area contributed by atoms with Crippen LogP contribution in [-0.2, 0) is 25.8 Å². The molecule has 0 atom stereocenters. The van der Waals surface area contributed by atoms with Crippen LogP contribution >= 0.6 is 0 Å². The molecule has 0 amide bonds. The van der Waals surface area contributed by atoms with Crippen molar-refractivity contribution in [2.75, 3.05) is 0 Å². The number of hydrogen-bond donors (Lipinski definition) is 0. The summed E-state index contributed by atoms with van der Waals surface area (Å²) < 4.78 is 2.33. The molecule has 31 heavy (non-hydrogen) atoms. The van der Waals surface area contributed by atoms with Crippen molar-refractivity contribution >= 4 is 32.4 Å². The zero-order valence-corrected chi connectivity index (χ0v) is 22.2. The molecular formula is C27H21Cl2HfN. The molecule has 5 aromatic carbocycles. The summed E-state index contributed by atoms with van der Waals surface area (Å²) >= 11 is 0. The summed E-state index contributed by atoms with van der Waals surface area (Å²) in [4.78, 5) is 0. The fourth-order valence-electron chi connectivity index (χ4n) is 3.97. The van der Waals surface area contributed by atoms with Gasteiger partial charge in [-0.1, -0.05) is 30.3 Å². The van der Waals surface area contributed by atoms with Gasteiger partial charge in [-0.15, -0.1) is 70.8 Å². The zero-order valence-electron chi connectivity index (χ0n) is 17.1. The van der Waals surface area contributed by atoms with E-state index in [0.29, 0.717) is 0 Å². The number of para-hydroxylation sites is 1. The topological polar surface area (TPSA) is 4.93 Å². The predicted octanol–water partition coefficient (Wildman–Crippen LogP) is 1.38. The van der Waals surface area contributed by atoms with Crippen molar-refractivity contribution in [1.29, 1.82) is 0 Å². The van der Waals surface area contributed by atoms with Crippen molar-refractivity contribution in [3.05, 3.63) is 115 Å². The number of benzene rings is 3. The summed E-state index contributed by atoms with van der Waals surface area (Å²) in [6, 6.07) is 38.5. The molecule has 152 valence electrons. The van der Waals surface area contributed by atoms with E-state index < -0.39 is 0 Å². The Balaban J connectivity index is 0.000000244. The van der Waals surface area contributed by atoms with Crippen molar-refractivity contribution in [3.8, 4) is 5.69 Å². The number of aromatic nitrogens is 1. The zero-order chi connectivity index (χ0) is 18.9. The Kier molecular flexibility index (Phi) is 8.88. The van der Waals surface area contributed by atoms with E-state index in [1.54, 1.807) is 0 Å². The first-order chi connectivity index (χ1) is 13.8. The van der Waals surface area contributed by atoms with Crippen LogP contribution in [0.25, 0.3) is 38.1 Å². The molecule has 0 fully saturated rings. The summed E-state index contributed by atoms with van der Waals surface area (Å²) in [5, 5.41) is 6.56. The molecule has 0 radical (unpaired) electrons. The quantitative estimate of drug-likeness (QED) is 0.197. The maximum Gasteiger partial charge on any atom is 4.00 e. The third kappa shape index (κ3) is 5.03. The van der Waals surface area contributed by atoms with Gasteiger partial charge >= 0.3 is 25.8 Å². The third-order valence-electron chi connectivity index (χ3n) is 5.30. The number of nitrogens with zero attached hydrogens (tertiary/aromatic N) is 1. The van der Waals surface area contributed by atoms with Gasteiger partial charge in [0, 0.05) is 11.1 Å².